The molecular weight excluding hydrogens is 124 g/mol. The molecule has 1 heteroatoms. The first kappa shape index (κ1) is 9.96. The molecule has 0 saturated heterocycles. The molecule has 1 nitrogen and oxygen atoms in total. The van der Waals surface area contributed by atoms with Crippen molar-refractivity contribution in [2.45, 2.75) is 34.6 Å². The summed E-state index contributed by atoms with van der Waals surface area (Å²) < 4.78 is 5.32. The molecule has 0 spiro atoms. The van der Waals surface area contributed by atoms with Crippen LogP contribution in [0.5, 0.6) is 0 Å². The first-order valence-corrected chi connectivity index (χ1v) is 4.06. The Morgan fingerprint density at radius 2 is 1.80 bits per heavy atom. The van der Waals surface area contributed by atoms with Crippen LogP contribution in [-0.4, -0.2) is 13.2 Å². The second-order valence-corrected chi connectivity index (χ2v) is 3.93. The lowest BCUT2D eigenvalue weighted by molar-refractivity contribution is 0.0719. The van der Waals surface area contributed by atoms with Crippen molar-refractivity contribution in [1.82, 2.24) is 0 Å². The summed E-state index contributed by atoms with van der Waals surface area (Å²) >= 11 is 0. The molecule has 1 unspecified atom stereocenters. The van der Waals surface area contributed by atoms with Crippen LogP contribution >= 0.6 is 0 Å². The summed E-state index contributed by atoms with van der Waals surface area (Å²) in [6.07, 6.45) is 0. The SMILES string of the molecule is CCOCC(C)C(C)(C)C. The van der Waals surface area contributed by atoms with Gasteiger partial charge >= 0.3 is 0 Å². The lowest BCUT2D eigenvalue weighted by Gasteiger charge is -2.26. The van der Waals surface area contributed by atoms with Gasteiger partial charge in [-0.25, -0.2) is 0 Å². The molecule has 0 N–H and O–H groups in total. The van der Waals surface area contributed by atoms with Crippen LogP contribution in [-0.2, 0) is 4.74 Å². The van der Waals surface area contributed by atoms with Crippen molar-refractivity contribution in [3.05, 3.63) is 0 Å². The maximum absolute atomic E-state index is 5.32. The van der Waals surface area contributed by atoms with Gasteiger partial charge in [0.15, 0.2) is 0 Å². The van der Waals surface area contributed by atoms with Crippen molar-refractivity contribution < 1.29 is 4.74 Å². The molecule has 0 aliphatic rings. The summed E-state index contributed by atoms with van der Waals surface area (Å²) in [6.45, 7) is 12.7. The van der Waals surface area contributed by atoms with Crippen molar-refractivity contribution in [3.63, 3.8) is 0 Å². The molecule has 0 aliphatic heterocycles. The van der Waals surface area contributed by atoms with Crippen LogP contribution in [0.15, 0.2) is 0 Å². The van der Waals surface area contributed by atoms with Crippen LogP contribution < -0.4 is 0 Å². The number of hydrogen-bond donors (Lipinski definition) is 0. The van der Waals surface area contributed by atoms with Crippen molar-refractivity contribution in [2.75, 3.05) is 13.2 Å². The van der Waals surface area contributed by atoms with E-state index in [1.807, 2.05) is 6.92 Å². The summed E-state index contributed by atoms with van der Waals surface area (Å²) in [4.78, 5) is 0. The molecule has 0 saturated carbocycles. The van der Waals surface area contributed by atoms with Gasteiger partial charge in [-0.2, -0.15) is 0 Å². The first-order valence-electron chi connectivity index (χ1n) is 4.06. The summed E-state index contributed by atoms with van der Waals surface area (Å²) in [5, 5.41) is 0. The van der Waals surface area contributed by atoms with Gasteiger partial charge in [0.05, 0.1) is 0 Å². The second-order valence-electron chi connectivity index (χ2n) is 3.93. The molecule has 0 rings (SSSR count). The average Bonchev–Trinajstić information content (AvgIpc) is 1.80. The third kappa shape index (κ3) is 3.89. The Morgan fingerprint density at radius 1 is 1.30 bits per heavy atom. The van der Waals surface area contributed by atoms with E-state index in [0.717, 1.165) is 13.2 Å². The van der Waals surface area contributed by atoms with Gasteiger partial charge in [0.1, 0.15) is 0 Å². The lowest BCUT2D eigenvalue weighted by Crippen LogP contribution is -2.22. The van der Waals surface area contributed by atoms with Crippen LogP contribution in [0.1, 0.15) is 34.6 Å². The maximum Gasteiger partial charge on any atom is 0.0496 e. The van der Waals surface area contributed by atoms with Gasteiger partial charge in [-0.15, -0.1) is 0 Å². The second kappa shape index (κ2) is 3.97. The molecule has 0 aromatic carbocycles. The quantitative estimate of drug-likeness (QED) is 0.591. The van der Waals surface area contributed by atoms with Gasteiger partial charge in [0.25, 0.3) is 0 Å². The summed E-state index contributed by atoms with van der Waals surface area (Å²) in [6, 6.07) is 0. The third-order valence-corrected chi connectivity index (χ3v) is 2.05. The first-order chi connectivity index (χ1) is 4.48. The Morgan fingerprint density at radius 3 is 2.10 bits per heavy atom. The topological polar surface area (TPSA) is 9.23 Å². The maximum atomic E-state index is 5.32. The lowest BCUT2D eigenvalue weighted by atomic mass is 9.83. The van der Waals surface area contributed by atoms with Gasteiger partial charge in [-0.05, 0) is 18.3 Å². The van der Waals surface area contributed by atoms with E-state index in [0.29, 0.717) is 11.3 Å². The van der Waals surface area contributed by atoms with Crippen molar-refractivity contribution >= 4 is 0 Å². The van der Waals surface area contributed by atoms with Crippen LogP contribution in [0.3, 0.4) is 0 Å². The zero-order valence-corrected chi connectivity index (χ0v) is 7.90. The van der Waals surface area contributed by atoms with Crippen molar-refractivity contribution in [1.29, 1.82) is 0 Å². The molecular formula is C9H20O. The molecule has 62 valence electrons. The van der Waals surface area contributed by atoms with E-state index >= 15 is 0 Å². The Hall–Kier alpha value is -0.0400. The standard InChI is InChI=1S/C9H20O/c1-6-10-7-8(2)9(3,4)5/h8H,6-7H2,1-5H3. The van der Waals surface area contributed by atoms with Crippen molar-refractivity contribution in [3.8, 4) is 0 Å². The van der Waals surface area contributed by atoms with Crippen LogP contribution in [0.2, 0.25) is 0 Å². The molecule has 0 fully saturated rings. The Labute approximate surface area is 64.8 Å². The van der Waals surface area contributed by atoms with E-state index in [-0.39, 0.29) is 0 Å². The molecule has 10 heavy (non-hydrogen) atoms. The number of ether oxygens (including phenoxy) is 1. The Balaban J connectivity index is 3.52. The van der Waals surface area contributed by atoms with Gasteiger partial charge in [-0.1, -0.05) is 27.7 Å². The van der Waals surface area contributed by atoms with Crippen LogP contribution in [0.4, 0.5) is 0 Å². The van der Waals surface area contributed by atoms with E-state index in [1.165, 1.54) is 0 Å². The monoisotopic (exact) mass is 144 g/mol. The number of hydrogen-bond acceptors (Lipinski definition) is 1. The Kier molecular flexibility index (Phi) is 3.95. The highest BCUT2D eigenvalue weighted by atomic mass is 16.5. The fourth-order valence-corrected chi connectivity index (χ4v) is 0.545. The summed E-state index contributed by atoms with van der Waals surface area (Å²) in [7, 11) is 0. The van der Waals surface area contributed by atoms with Crippen LogP contribution in [0, 0.1) is 11.3 Å². The molecule has 0 bridgehead atoms. The molecule has 1 atom stereocenters. The minimum atomic E-state index is 0.384. The minimum Gasteiger partial charge on any atom is -0.381 e. The zero-order valence-electron chi connectivity index (χ0n) is 7.90. The zero-order chi connectivity index (χ0) is 8.20. The van der Waals surface area contributed by atoms with Gasteiger partial charge < -0.3 is 4.74 Å². The van der Waals surface area contributed by atoms with Gasteiger partial charge in [0, 0.05) is 13.2 Å². The predicted octanol–water partition coefficient (Wildman–Crippen LogP) is 2.71. The van der Waals surface area contributed by atoms with Crippen molar-refractivity contribution in [2.24, 2.45) is 11.3 Å². The molecule has 0 aromatic heterocycles. The van der Waals surface area contributed by atoms with E-state index in [9.17, 15) is 0 Å². The predicted molar refractivity (Wildman–Crippen MR) is 45.1 cm³/mol. The smallest absolute Gasteiger partial charge is 0.0496 e. The fourth-order valence-electron chi connectivity index (χ4n) is 0.545. The highest BCUT2D eigenvalue weighted by Crippen LogP contribution is 2.24. The molecule has 0 aliphatic carbocycles. The minimum absolute atomic E-state index is 0.384. The van der Waals surface area contributed by atoms with E-state index < -0.39 is 0 Å². The van der Waals surface area contributed by atoms with Gasteiger partial charge in [-0.3, -0.25) is 0 Å². The molecule has 0 heterocycles. The third-order valence-electron chi connectivity index (χ3n) is 2.05. The molecule has 0 aromatic rings. The van der Waals surface area contributed by atoms with E-state index in [1.54, 1.807) is 0 Å². The summed E-state index contributed by atoms with van der Waals surface area (Å²) in [5.41, 5.74) is 0.384. The largest absolute Gasteiger partial charge is 0.381 e. The highest BCUT2D eigenvalue weighted by Gasteiger charge is 2.19. The van der Waals surface area contributed by atoms with Crippen LogP contribution in [0.25, 0.3) is 0 Å². The van der Waals surface area contributed by atoms with E-state index in [2.05, 4.69) is 27.7 Å². The molecule has 0 amide bonds. The normalized spacial score (nSPS) is 15.3. The Bertz CT molecular complexity index is 81.2. The fraction of sp³-hybridized carbons (Fsp3) is 1.00. The number of rotatable bonds is 3. The summed E-state index contributed by atoms with van der Waals surface area (Å²) in [5.74, 6) is 0.646. The highest BCUT2D eigenvalue weighted by molar-refractivity contribution is 4.68. The molecule has 0 radical (unpaired) electrons. The van der Waals surface area contributed by atoms with Gasteiger partial charge in [0.2, 0.25) is 0 Å². The average molecular weight is 144 g/mol. The van der Waals surface area contributed by atoms with E-state index in [4.69, 9.17) is 4.74 Å².